The maximum atomic E-state index is 12.6. The molecule has 134 valence electrons. The topological polar surface area (TPSA) is 47.6 Å². The number of hydrogen-bond acceptors (Lipinski definition) is 3. The lowest BCUT2D eigenvalue weighted by molar-refractivity contribution is 0.102. The zero-order valence-corrected chi connectivity index (χ0v) is 15.4. The first-order chi connectivity index (χ1) is 12.0. The van der Waals surface area contributed by atoms with Crippen LogP contribution < -0.4 is 14.8 Å². The zero-order chi connectivity index (χ0) is 18.2. The number of amides is 1. The van der Waals surface area contributed by atoms with E-state index in [4.69, 9.17) is 9.47 Å². The van der Waals surface area contributed by atoms with Crippen molar-refractivity contribution in [2.45, 2.75) is 27.7 Å². The van der Waals surface area contributed by atoms with E-state index in [1.54, 1.807) is 6.07 Å². The van der Waals surface area contributed by atoms with E-state index < -0.39 is 0 Å². The zero-order valence-electron chi connectivity index (χ0n) is 15.4. The predicted octanol–water partition coefficient (Wildman–Crippen LogP) is 5.01. The first-order valence-electron chi connectivity index (χ1n) is 8.71. The fraction of sp³-hybridized carbons (Fsp3) is 0.381. The molecule has 4 nitrogen and oxygen atoms in total. The summed E-state index contributed by atoms with van der Waals surface area (Å²) in [5.74, 6) is 1.99. The first-order valence-corrected chi connectivity index (χ1v) is 8.71. The van der Waals surface area contributed by atoms with Crippen molar-refractivity contribution in [3.63, 3.8) is 0 Å². The van der Waals surface area contributed by atoms with Gasteiger partial charge in [0.2, 0.25) is 0 Å². The predicted molar refractivity (Wildman–Crippen MR) is 102 cm³/mol. The van der Waals surface area contributed by atoms with Crippen LogP contribution in [0.25, 0.3) is 0 Å². The maximum absolute atomic E-state index is 12.6. The molecule has 0 saturated heterocycles. The van der Waals surface area contributed by atoms with E-state index in [1.807, 2.05) is 42.5 Å². The van der Waals surface area contributed by atoms with Gasteiger partial charge in [-0.05, 0) is 36.1 Å². The minimum absolute atomic E-state index is 0.194. The first kappa shape index (κ1) is 18.8. The molecular weight excluding hydrogens is 314 g/mol. The van der Waals surface area contributed by atoms with Gasteiger partial charge in [0.1, 0.15) is 11.5 Å². The van der Waals surface area contributed by atoms with Crippen LogP contribution in [0.2, 0.25) is 0 Å². The van der Waals surface area contributed by atoms with Crippen molar-refractivity contribution < 1.29 is 14.3 Å². The molecule has 0 aliphatic carbocycles. The van der Waals surface area contributed by atoms with E-state index >= 15 is 0 Å². The number of rotatable bonds is 8. The lowest BCUT2D eigenvalue weighted by atomic mass is 10.1. The number of carbonyl (C=O) groups is 1. The summed E-state index contributed by atoms with van der Waals surface area (Å²) in [5, 5.41) is 2.92. The highest BCUT2D eigenvalue weighted by Gasteiger charge is 2.13. The largest absolute Gasteiger partial charge is 0.493 e. The Balaban J connectivity index is 2.08. The number of nitrogens with one attached hydrogen (secondary N) is 1. The van der Waals surface area contributed by atoms with Gasteiger partial charge in [-0.1, -0.05) is 45.9 Å². The van der Waals surface area contributed by atoms with E-state index in [2.05, 4.69) is 33.0 Å². The highest BCUT2D eigenvalue weighted by atomic mass is 16.5. The second kappa shape index (κ2) is 9.11. The molecule has 0 atom stereocenters. The Morgan fingerprint density at radius 3 is 2.32 bits per heavy atom. The van der Waals surface area contributed by atoms with E-state index in [9.17, 15) is 4.79 Å². The Kier molecular flexibility index (Phi) is 6.87. The van der Waals surface area contributed by atoms with Gasteiger partial charge in [-0.2, -0.15) is 0 Å². The van der Waals surface area contributed by atoms with Crippen molar-refractivity contribution >= 4 is 11.6 Å². The molecule has 0 heterocycles. The molecular formula is C21H27NO3. The molecule has 0 aromatic heterocycles. The van der Waals surface area contributed by atoms with Crippen LogP contribution in [0.5, 0.6) is 11.5 Å². The molecule has 4 heteroatoms. The van der Waals surface area contributed by atoms with Crippen LogP contribution in [-0.4, -0.2) is 19.1 Å². The van der Waals surface area contributed by atoms with Gasteiger partial charge in [0.05, 0.1) is 18.8 Å². The summed E-state index contributed by atoms with van der Waals surface area (Å²) < 4.78 is 11.5. The van der Waals surface area contributed by atoms with Crippen LogP contribution in [0.4, 0.5) is 5.69 Å². The molecule has 2 rings (SSSR count). The Bertz CT molecular complexity index is 695. The molecule has 0 spiro atoms. The Morgan fingerprint density at radius 2 is 1.60 bits per heavy atom. The molecule has 0 fully saturated rings. The Morgan fingerprint density at radius 1 is 0.920 bits per heavy atom. The molecule has 1 amide bonds. The average Bonchev–Trinajstić information content (AvgIpc) is 2.58. The SMILES string of the molecule is CC(C)COc1cccc(NC(=O)c2ccccc2OCC(C)C)c1. The molecule has 1 N–H and O–H groups in total. The normalized spacial score (nSPS) is 10.8. The van der Waals surface area contributed by atoms with Gasteiger partial charge in [0, 0.05) is 11.8 Å². The number of anilines is 1. The fourth-order valence-corrected chi connectivity index (χ4v) is 2.16. The molecule has 0 unspecified atom stereocenters. The molecule has 0 aliphatic heterocycles. The van der Waals surface area contributed by atoms with E-state index in [-0.39, 0.29) is 5.91 Å². The van der Waals surface area contributed by atoms with Crippen molar-refractivity contribution in [3.05, 3.63) is 54.1 Å². The van der Waals surface area contributed by atoms with Crippen molar-refractivity contribution in [2.75, 3.05) is 18.5 Å². The van der Waals surface area contributed by atoms with Crippen molar-refractivity contribution in [3.8, 4) is 11.5 Å². The lowest BCUT2D eigenvalue weighted by Gasteiger charge is -2.14. The fourth-order valence-electron chi connectivity index (χ4n) is 2.16. The summed E-state index contributed by atoms with van der Waals surface area (Å²) in [6, 6.07) is 14.7. The minimum atomic E-state index is -0.194. The highest BCUT2D eigenvalue weighted by molar-refractivity contribution is 6.06. The summed E-state index contributed by atoms with van der Waals surface area (Å²) >= 11 is 0. The molecule has 0 aliphatic rings. The number of hydrogen-bond donors (Lipinski definition) is 1. The van der Waals surface area contributed by atoms with E-state index in [1.165, 1.54) is 0 Å². The van der Waals surface area contributed by atoms with Gasteiger partial charge in [0.15, 0.2) is 0 Å². The van der Waals surface area contributed by atoms with Crippen LogP contribution in [0.3, 0.4) is 0 Å². The molecule has 0 radical (unpaired) electrons. The van der Waals surface area contributed by atoms with Gasteiger partial charge < -0.3 is 14.8 Å². The van der Waals surface area contributed by atoms with Gasteiger partial charge in [0.25, 0.3) is 5.91 Å². The van der Waals surface area contributed by atoms with E-state index in [0.29, 0.717) is 42.0 Å². The third-order valence-corrected chi connectivity index (χ3v) is 3.38. The molecule has 25 heavy (non-hydrogen) atoms. The van der Waals surface area contributed by atoms with Gasteiger partial charge in [-0.25, -0.2) is 0 Å². The summed E-state index contributed by atoms with van der Waals surface area (Å²) in [4.78, 5) is 12.6. The maximum Gasteiger partial charge on any atom is 0.259 e. The average molecular weight is 341 g/mol. The third kappa shape index (κ3) is 6.14. The van der Waals surface area contributed by atoms with Crippen molar-refractivity contribution in [2.24, 2.45) is 11.8 Å². The minimum Gasteiger partial charge on any atom is -0.493 e. The van der Waals surface area contributed by atoms with Gasteiger partial charge >= 0.3 is 0 Å². The Labute approximate surface area is 150 Å². The van der Waals surface area contributed by atoms with Crippen LogP contribution in [-0.2, 0) is 0 Å². The van der Waals surface area contributed by atoms with Crippen molar-refractivity contribution in [1.29, 1.82) is 0 Å². The highest BCUT2D eigenvalue weighted by Crippen LogP contribution is 2.22. The van der Waals surface area contributed by atoms with Gasteiger partial charge in [-0.15, -0.1) is 0 Å². The number of para-hydroxylation sites is 1. The summed E-state index contributed by atoms with van der Waals surface area (Å²) in [5.41, 5.74) is 1.22. The smallest absolute Gasteiger partial charge is 0.259 e. The summed E-state index contributed by atoms with van der Waals surface area (Å²) in [7, 11) is 0. The standard InChI is InChI=1S/C21H27NO3/c1-15(2)13-24-18-9-7-8-17(12-18)22-21(23)19-10-5-6-11-20(19)25-14-16(3)4/h5-12,15-16H,13-14H2,1-4H3,(H,22,23). The second-order valence-electron chi connectivity index (χ2n) is 6.89. The van der Waals surface area contributed by atoms with Crippen LogP contribution in [0.15, 0.2) is 48.5 Å². The lowest BCUT2D eigenvalue weighted by Crippen LogP contribution is -2.15. The number of benzene rings is 2. The number of ether oxygens (including phenoxy) is 2. The van der Waals surface area contributed by atoms with Crippen molar-refractivity contribution in [1.82, 2.24) is 0 Å². The van der Waals surface area contributed by atoms with Gasteiger partial charge in [-0.3, -0.25) is 4.79 Å². The van der Waals surface area contributed by atoms with Crippen LogP contribution >= 0.6 is 0 Å². The van der Waals surface area contributed by atoms with Crippen LogP contribution in [0.1, 0.15) is 38.1 Å². The third-order valence-electron chi connectivity index (χ3n) is 3.38. The Hall–Kier alpha value is -2.49. The molecule has 2 aromatic rings. The van der Waals surface area contributed by atoms with E-state index in [0.717, 1.165) is 5.75 Å². The second-order valence-corrected chi connectivity index (χ2v) is 6.89. The molecule has 2 aromatic carbocycles. The summed E-state index contributed by atoms with van der Waals surface area (Å²) in [6.45, 7) is 9.56. The molecule has 0 saturated carbocycles. The number of carbonyl (C=O) groups excluding carboxylic acids is 1. The van der Waals surface area contributed by atoms with Crippen LogP contribution in [0, 0.1) is 11.8 Å². The molecule has 0 bridgehead atoms. The quantitative estimate of drug-likeness (QED) is 0.734. The summed E-state index contributed by atoms with van der Waals surface area (Å²) in [6.07, 6.45) is 0. The monoisotopic (exact) mass is 341 g/mol.